The first-order chi connectivity index (χ1) is 17.2. The number of benzene rings is 2. The lowest BCUT2D eigenvalue weighted by Gasteiger charge is -2.13. The highest BCUT2D eigenvalue weighted by Crippen LogP contribution is 2.32. The molecule has 0 saturated carbocycles. The molecule has 2 aromatic heterocycles. The smallest absolute Gasteiger partial charge is 0.416 e. The van der Waals surface area contributed by atoms with Gasteiger partial charge in [-0.1, -0.05) is 0 Å². The fourth-order valence-corrected chi connectivity index (χ4v) is 3.41. The van der Waals surface area contributed by atoms with Gasteiger partial charge < -0.3 is 21.1 Å². The quantitative estimate of drug-likeness (QED) is 0.362. The highest BCUT2D eigenvalue weighted by Gasteiger charge is 2.31. The monoisotopic (exact) mass is 495 g/mol. The molecule has 11 heteroatoms. The Balaban J connectivity index is 1.58. The van der Waals surface area contributed by atoms with Gasteiger partial charge in [0.15, 0.2) is 0 Å². The molecule has 4 rings (SSSR count). The Labute approximate surface area is 203 Å². The number of ether oxygens (including phenoxy) is 1. The second-order valence-electron chi connectivity index (χ2n) is 7.71. The summed E-state index contributed by atoms with van der Waals surface area (Å²) in [5, 5.41) is 5.52. The zero-order chi connectivity index (χ0) is 25.9. The van der Waals surface area contributed by atoms with Gasteiger partial charge in [0.2, 0.25) is 0 Å². The molecule has 4 aromatic rings. The first-order valence-corrected chi connectivity index (χ1v) is 10.6. The van der Waals surface area contributed by atoms with Crippen molar-refractivity contribution in [2.75, 3.05) is 12.4 Å². The molecule has 0 aliphatic carbocycles. The maximum Gasteiger partial charge on any atom is 0.416 e. The number of pyridine rings is 2. The van der Waals surface area contributed by atoms with Crippen molar-refractivity contribution in [3.05, 3.63) is 89.4 Å². The standard InChI is InChI=1S/C25H20F3N5O3/c1-30-24(35)22-11-20(4-5-31-22)36-19-2-3-21-15(9-19)8-16(13-32-21)23(34)33-18-7-14(12-29)6-17(10-18)25(26,27)28/h2-11,13H,12,29H2,1H3,(H,30,35)(H,33,34). The number of nitrogens with zero attached hydrogens (tertiary/aromatic N) is 2. The number of carbonyl (C=O) groups is 2. The van der Waals surface area contributed by atoms with Crippen LogP contribution in [0, 0.1) is 0 Å². The molecule has 0 aliphatic rings. The van der Waals surface area contributed by atoms with Crippen molar-refractivity contribution >= 4 is 28.4 Å². The summed E-state index contributed by atoms with van der Waals surface area (Å²) in [6.45, 7) is -0.116. The molecule has 36 heavy (non-hydrogen) atoms. The molecule has 4 N–H and O–H groups in total. The van der Waals surface area contributed by atoms with Crippen LogP contribution in [0.1, 0.15) is 32.0 Å². The van der Waals surface area contributed by atoms with E-state index in [1.807, 2.05) is 0 Å². The van der Waals surface area contributed by atoms with Crippen LogP contribution >= 0.6 is 0 Å². The Morgan fingerprint density at radius 3 is 2.47 bits per heavy atom. The van der Waals surface area contributed by atoms with Crippen LogP contribution in [0.4, 0.5) is 18.9 Å². The number of halogens is 3. The van der Waals surface area contributed by atoms with E-state index in [-0.39, 0.29) is 35.0 Å². The predicted octanol–water partition coefficient (Wildman–Crippen LogP) is 4.51. The minimum Gasteiger partial charge on any atom is -0.457 e. The molecule has 0 spiro atoms. The van der Waals surface area contributed by atoms with Gasteiger partial charge in [-0.25, -0.2) is 0 Å². The molecule has 0 unspecified atom stereocenters. The van der Waals surface area contributed by atoms with E-state index in [4.69, 9.17) is 10.5 Å². The van der Waals surface area contributed by atoms with Crippen LogP contribution in [0.15, 0.2) is 67.0 Å². The predicted molar refractivity (Wildman–Crippen MR) is 127 cm³/mol. The summed E-state index contributed by atoms with van der Waals surface area (Å²) in [4.78, 5) is 32.8. The largest absolute Gasteiger partial charge is 0.457 e. The minimum atomic E-state index is -4.58. The molecule has 0 bridgehead atoms. The molecular weight excluding hydrogens is 475 g/mol. The number of hydrogen-bond acceptors (Lipinski definition) is 6. The van der Waals surface area contributed by atoms with Crippen molar-refractivity contribution in [2.24, 2.45) is 5.73 Å². The van der Waals surface area contributed by atoms with Gasteiger partial charge in [0.1, 0.15) is 17.2 Å². The number of anilines is 1. The lowest BCUT2D eigenvalue weighted by Crippen LogP contribution is -2.18. The number of hydrogen-bond donors (Lipinski definition) is 3. The van der Waals surface area contributed by atoms with E-state index in [9.17, 15) is 22.8 Å². The van der Waals surface area contributed by atoms with Crippen LogP contribution < -0.4 is 21.1 Å². The Kier molecular flexibility index (Phi) is 6.84. The van der Waals surface area contributed by atoms with Crippen molar-refractivity contribution in [1.29, 1.82) is 0 Å². The topological polar surface area (TPSA) is 119 Å². The van der Waals surface area contributed by atoms with Crippen LogP contribution in [-0.4, -0.2) is 28.8 Å². The summed E-state index contributed by atoms with van der Waals surface area (Å²) >= 11 is 0. The van der Waals surface area contributed by atoms with Gasteiger partial charge in [0, 0.05) is 43.1 Å². The molecular formula is C25H20F3N5O3. The van der Waals surface area contributed by atoms with Gasteiger partial charge >= 0.3 is 6.18 Å². The first-order valence-electron chi connectivity index (χ1n) is 10.6. The Bertz CT molecular complexity index is 1460. The van der Waals surface area contributed by atoms with Crippen molar-refractivity contribution in [1.82, 2.24) is 15.3 Å². The molecule has 0 radical (unpaired) electrons. The van der Waals surface area contributed by atoms with E-state index >= 15 is 0 Å². The lowest BCUT2D eigenvalue weighted by molar-refractivity contribution is -0.137. The number of fused-ring (bicyclic) bond motifs is 1. The van der Waals surface area contributed by atoms with Crippen LogP contribution in [0.5, 0.6) is 11.5 Å². The van der Waals surface area contributed by atoms with Crippen LogP contribution in [0.3, 0.4) is 0 Å². The van der Waals surface area contributed by atoms with Crippen LogP contribution in [0.25, 0.3) is 10.9 Å². The molecule has 184 valence electrons. The molecule has 2 aromatic carbocycles. The minimum absolute atomic E-state index is 0.0305. The van der Waals surface area contributed by atoms with Gasteiger partial charge in [0.05, 0.1) is 16.6 Å². The lowest BCUT2D eigenvalue weighted by atomic mass is 10.1. The third-order valence-corrected chi connectivity index (χ3v) is 5.16. The van der Waals surface area contributed by atoms with E-state index < -0.39 is 17.6 Å². The Morgan fingerprint density at radius 2 is 1.75 bits per heavy atom. The van der Waals surface area contributed by atoms with E-state index in [1.165, 1.54) is 31.6 Å². The zero-order valence-corrected chi connectivity index (χ0v) is 18.9. The number of amides is 2. The van der Waals surface area contributed by atoms with Crippen molar-refractivity contribution in [2.45, 2.75) is 12.7 Å². The average molecular weight is 495 g/mol. The molecule has 8 nitrogen and oxygen atoms in total. The fourth-order valence-electron chi connectivity index (χ4n) is 3.41. The summed E-state index contributed by atoms with van der Waals surface area (Å²) < 4.78 is 45.4. The molecule has 0 aliphatic heterocycles. The third-order valence-electron chi connectivity index (χ3n) is 5.16. The summed E-state index contributed by atoms with van der Waals surface area (Å²) in [6, 6.07) is 12.8. The molecule has 2 heterocycles. The normalized spacial score (nSPS) is 11.2. The van der Waals surface area contributed by atoms with E-state index in [0.717, 1.165) is 12.1 Å². The Morgan fingerprint density at radius 1 is 0.972 bits per heavy atom. The molecule has 2 amide bonds. The molecule has 0 atom stereocenters. The van der Waals surface area contributed by atoms with Gasteiger partial charge in [-0.2, -0.15) is 13.2 Å². The van der Waals surface area contributed by atoms with E-state index in [0.29, 0.717) is 22.4 Å². The highest BCUT2D eigenvalue weighted by molar-refractivity contribution is 6.06. The molecule has 0 saturated heterocycles. The van der Waals surface area contributed by atoms with Gasteiger partial charge in [-0.15, -0.1) is 0 Å². The Hall–Kier alpha value is -4.51. The van der Waals surface area contributed by atoms with E-state index in [1.54, 1.807) is 30.3 Å². The second kappa shape index (κ2) is 10.0. The van der Waals surface area contributed by atoms with Crippen molar-refractivity contribution in [3.8, 4) is 11.5 Å². The summed E-state index contributed by atoms with van der Waals surface area (Å²) in [5.74, 6) is -0.202. The maximum absolute atomic E-state index is 13.2. The average Bonchev–Trinajstić information content (AvgIpc) is 2.87. The number of nitrogens with one attached hydrogen (secondary N) is 2. The summed E-state index contributed by atoms with van der Waals surface area (Å²) in [5.41, 5.74) is 5.70. The second-order valence-corrected chi connectivity index (χ2v) is 7.71. The van der Waals surface area contributed by atoms with Gasteiger partial charge in [-0.3, -0.25) is 19.6 Å². The number of rotatable bonds is 6. The SMILES string of the molecule is CNC(=O)c1cc(Oc2ccc3ncc(C(=O)Nc4cc(CN)cc(C(F)(F)F)c4)cc3c2)ccn1. The van der Waals surface area contributed by atoms with E-state index in [2.05, 4.69) is 20.6 Å². The third kappa shape index (κ3) is 5.58. The van der Waals surface area contributed by atoms with Crippen molar-refractivity contribution in [3.63, 3.8) is 0 Å². The van der Waals surface area contributed by atoms with Crippen LogP contribution in [0.2, 0.25) is 0 Å². The number of aromatic nitrogens is 2. The van der Waals surface area contributed by atoms with Gasteiger partial charge in [0.25, 0.3) is 11.8 Å². The van der Waals surface area contributed by atoms with Crippen molar-refractivity contribution < 1.29 is 27.5 Å². The highest BCUT2D eigenvalue weighted by atomic mass is 19.4. The zero-order valence-electron chi connectivity index (χ0n) is 18.9. The summed E-state index contributed by atoms with van der Waals surface area (Å²) in [6.07, 6.45) is -1.82. The number of carbonyl (C=O) groups excluding carboxylic acids is 2. The number of alkyl halides is 3. The first kappa shape index (κ1) is 24.6. The van der Waals surface area contributed by atoms with Gasteiger partial charge in [-0.05, 0) is 54.1 Å². The fraction of sp³-hybridized carbons (Fsp3) is 0.120. The summed E-state index contributed by atoms with van der Waals surface area (Å²) in [7, 11) is 1.49. The number of nitrogens with two attached hydrogens (primary N) is 1. The maximum atomic E-state index is 13.2. The van der Waals surface area contributed by atoms with Crippen LogP contribution in [-0.2, 0) is 12.7 Å². The molecule has 0 fully saturated rings.